The first-order valence-electron chi connectivity index (χ1n) is 9.53. The standard InChI is InChI=1S/C22H17FN4O3.H3N/c23-16-5-6-24-18(9-16)14-3-1-13(2-4-14)15-7-17(8-15)29-22-12-25-19(11-26-22)20-10-21(28)27-30-20;/h1-6,9-12,15,17H,7-8H2,(H,27,28);1H3. The number of benzene rings is 1. The fraction of sp³-hybridized carbons (Fsp3) is 0.182. The van der Waals surface area contributed by atoms with Crippen LogP contribution in [0.2, 0.25) is 0 Å². The summed E-state index contributed by atoms with van der Waals surface area (Å²) in [5.74, 6) is 0.884. The number of pyridine rings is 1. The molecule has 0 spiro atoms. The Hall–Kier alpha value is -3.85. The van der Waals surface area contributed by atoms with Crippen molar-refractivity contribution in [2.24, 2.45) is 0 Å². The summed E-state index contributed by atoms with van der Waals surface area (Å²) in [7, 11) is 0. The number of aromatic nitrogens is 4. The predicted octanol–water partition coefficient (Wildman–Crippen LogP) is 4.11. The molecular weight excluding hydrogens is 401 g/mol. The minimum Gasteiger partial charge on any atom is -0.473 e. The van der Waals surface area contributed by atoms with Crippen LogP contribution in [-0.2, 0) is 0 Å². The van der Waals surface area contributed by atoms with Gasteiger partial charge in [0, 0.05) is 17.8 Å². The molecule has 1 aromatic carbocycles. The number of H-pyrrole nitrogens is 1. The van der Waals surface area contributed by atoms with Crippen LogP contribution in [0.15, 0.2) is 70.4 Å². The van der Waals surface area contributed by atoms with Crippen molar-refractivity contribution in [1.82, 2.24) is 26.3 Å². The number of ether oxygens (including phenoxy) is 1. The highest BCUT2D eigenvalue weighted by Gasteiger charge is 2.32. The van der Waals surface area contributed by atoms with Crippen molar-refractivity contribution in [2.75, 3.05) is 0 Å². The van der Waals surface area contributed by atoms with E-state index in [2.05, 4.69) is 32.2 Å². The zero-order valence-corrected chi connectivity index (χ0v) is 16.5. The lowest BCUT2D eigenvalue weighted by molar-refractivity contribution is 0.0931. The van der Waals surface area contributed by atoms with Crippen molar-refractivity contribution in [3.05, 3.63) is 82.8 Å². The van der Waals surface area contributed by atoms with Gasteiger partial charge in [0.2, 0.25) is 5.88 Å². The summed E-state index contributed by atoms with van der Waals surface area (Å²) in [6.45, 7) is 0. The Morgan fingerprint density at radius 3 is 2.45 bits per heavy atom. The summed E-state index contributed by atoms with van der Waals surface area (Å²) in [6.07, 6.45) is 6.34. The van der Waals surface area contributed by atoms with E-state index in [0.717, 1.165) is 18.4 Å². The molecule has 0 saturated heterocycles. The second-order valence-electron chi connectivity index (χ2n) is 7.21. The van der Waals surface area contributed by atoms with E-state index in [1.165, 1.54) is 42.4 Å². The number of halogens is 1. The number of nitrogens with one attached hydrogen (secondary N) is 1. The Bertz CT molecular complexity index is 1210. The Balaban J connectivity index is 0.00000231. The van der Waals surface area contributed by atoms with Gasteiger partial charge < -0.3 is 15.4 Å². The van der Waals surface area contributed by atoms with Gasteiger partial charge in [-0.05, 0) is 30.4 Å². The van der Waals surface area contributed by atoms with E-state index in [-0.39, 0.29) is 23.6 Å². The molecule has 9 heteroatoms. The van der Waals surface area contributed by atoms with Gasteiger partial charge in [-0.15, -0.1) is 0 Å². The van der Waals surface area contributed by atoms with Gasteiger partial charge in [0.1, 0.15) is 17.6 Å². The summed E-state index contributed by atoms with van der Waals surface area (Å²) in [5, 5.41) is 2.22. The highest BCUT2D eigenvalue weighted by atomic mass is 19.1. The summed E-state index contributed by atoms with van der Waals surface area (Å²) >= 11 is 0. The minimum atomic E-state index is -0.326. The van der Waals surface area contributed by atoms with Crippen LogP contribution in [0, 0.1) is 5.82 Å². The molecule has 0 atom stereocenters. The van der Waals surface area contributed by atoms with Gasteiger partial charge in [-0.1, -0.05) is 24.3 Å². The maximum atomic E-state index is 13.4. The Labute approximate surface area is 176 Å². The average molecular weight is 421 g/mol. The molecule has 158 valence electrons. The van der Waals surface area contributed by atoms with Crippen molar-refractivity contribution < 1.29 is 13.7 Å². The number of hydrogen-bond acceptors (Lipinski definition) is 7. The molecule has 8 nitrogen and oxygen atoms in total. The van der Waals surface area contributed by atoms with E-state index in [1.807, 2.05) is 12.1 Å². The van der Waals surface area contributed by atoms with Crippen LogP contribution in [0.25, 0.3) is 22.7 Å². The second-order valence-corrected chi connectivity index (χ2v) is 7.21. The predicted molar refractivity (Wildman–Crippen MR) is 111 cm³/mol. The normalized spacial score (nSPS) is 17.5. The van der Waals surface area contributed by atoms with Gasteiger partial charge in [-0.3, -0.25) is 9.78 Å². The van der Waals surface area contributed by atoms with Gasteiger partial charge in [-0.2, -0.15) is 5.16 Å². The van der Waals surface area contributed by atoms with Gasteiger partial charge in [0.25, 0.3) is 5.56 Å². The van der Waals surface area contributed by atoms with E-state index in [4.69, 9.17) is 9.26 Å². The zero-order valence-electron chi connectivity index (χ0n) is 16.5. The molecule has 4 aromatic rings. The van der Waals surface area contributed by atoms with Crippen molar-refractivity contribution in [2.45, 2.75) is 24.9 Å². The fourth-order valence-electron chi connectivity index (χ4n) is 3.51. The molecule has 0 radical (unpaired) electrons. The Kier molecular flexibility index (Phi) is 5.59. The van der Waals surface area contributed by atoms with Gasteiger partial charge >= 0.3 is 0 Å². The van der Waals surface area contributed by atoms with Crippen LogP contribution < -0.4 is 16.4 Å². The SMILES string of the molecule is N.O=c1cc(-c2cnc(OC3CC(c4ccc(-c5cc(F)ccn5)cc4)C3)cn2)o[nH]1. The molecule has 1 aliphatic carbocycles. The van der Waals surface area contributed by atoms with Gasteiger partial charge in [0.15, 0.2) is 5.76 Å². The van der Waals surface area contributed by atoms with E-state index in [9.17, 15) is 9.18 Å². The number of nitrogens with zero attached hydrogens (tertiary/aromatic N) is 3. The van der Waals surface area contributed by atoms with Crippen molar-refractivity contribution in [1.29, 1.82) is 0 Å². The molecule has 31 heavy (non-hydrogen) atoms. The highest BCUT2D eigenvalue weighted by molar-refractivity contribution is 5.59. The maximum Gasteiger partial charge on any atom is 0.280 e. The summed E-state index contributed by atoms with van der Waals surface area (Å²) in [6, 6.07) is 12.1. The molecular formula is C22H20FN5O3. The first-order valence-corrected chi connectivity index (χ1v) is 9.53. The quantitative estimate of drug-likeness (QED) is 0.496. The topological polar surface area (TPSA) is 129 Å². The first kappa shape index (κ1) is 20.4. The number of hydrogen-bond donors (Lipinski definition) is 2. The molecule has 0 unspecified atom stereocenters. The lowest BCUT2D eigenvalue weighted by atomic mass is 9.77. The largest absolute Gasteiger partial charge is 0.473 e. The van der Waals surface area contributed by atoms with E-state index in [1.54, 1.807) is 0 Å². The fourth-order valence-corrected chi connectivity index (χ4v) is 3.51. The maximum absolute atomic E-state index is 13.4. The smallest absolute Gasteiger partial charge is 0.280 e. The van der Waals surface area contributed by atoms with Crippen LogP contribution in [0.3, 0.4) is 0 Å². The third-order valence-electron chi connectivity index (χ3n) is 5.19. The Morgan fingerprint density at radius 1 is 1.00 bits per heavy atom. The first-order chi connectivity index (χ1) is 14.6. The molecule has 4 N–H and O–H groups in total. The molecule has 0 aliphatic heterocycles. The summed E-state index contributed by atoms with van der Waals surface area (Å²) in [5.41, 5.74) is 2.86. The molecule has 5 rings (SSSR count). The van der Waals surface area contributed by atoms with Gasteiger partial charge in [0.05, 0.1) is 24.2 Å². The third-order valence-corrected chi connectivity index (χ3v) is 5.19. The molecule has 1 aliphatic rings. The molecule has 3 aromatic heterocycles. The molecule has 0 bridgehead atoms. The van der Waals surface area contributed by atoms with Crippen LogP contribution >= 0.6 is 0 Å². The highest BCUT2D eigenvalue weighted by Crippen LogP contribution is 2.39. The van der Waals surface area contributed by atoms with Crippen molar-refractivity contribution >= 4 is 0 Å². The van der Waals surface area contributed by atoms with E-state index >= 15 is 0 Å². The zero-order chi connectivity index (χ0) is 20.5. The van der Waals surface area contributed by atoms with Crippen LogP contribution in [0.1, 0.15) is 24.3 Å². The Morgan fingerprint density at radius 2 is 1.81 bits per heavy atom. The molecule has 1 fully saturated rings. The van der Waals surface area contributed by atoms with Crippen molar-refractivity contribution in [3.63, 3.8) is 0 Å². The molecule has 3 heterocycles. The van der Waals surface area contributed by atoms with Crippen LogP contribution in [0.4, 0.5) is 4.39 Å². The number of rotatable bonds is 5. The second kappa shape index (κ2) is 8.49. The lowest BCUT2D eigenvalue weighted by Gasteiger charge is -2.35. The summed E-state index contributed by atoms with van der Waals surface area (Å²) in [4.78, 5) is 23.8. The van der Waals surface area contributed by atoms with Crippen LogP contribution in [0.5, 0.6) is 5.88 Å². The summed E-state index contributed by atoms with van der Waals surface area (Å²) < 4.78 is 24.3. The lowest BCUT2D eigenvalue weighted by Crippen LogP contribution is -2.32. The van der Waals surface area contributed by atoms with E-state index < -0.39 is 0 Å². The monoisotopic (exact) mass is 421 g/mol. The van der Waals surface area contributed by atoms with E-state index in [0.29, 0.717) is 28.9 Å². The molecule has 0 amide bonds. The number of aromatic amines is 1. The minimum absolute atomic E-state index is 0. The van der Waals surface area contributed by atoms with Crippen molar-refractivity contribution in [3.8, 4) is 28.6 Å². The van der Waals surface area contributed by atoms with Crippen LogP contribution in [-0.4, -0.2) is 26.2 Å². The third kappa shape index (κ3) is 4.36. The molecule has 1 saturated carbocycles. The van der Waals surface area contributed by atoms with Gasteiger partial charge in [-0.25, -0.2) is 14.4 Å². The average Bonchev–Trinajstić information content (AvgIpc) is 3.17.